The average molecular weight is 293 g/mol. The fraction of sp³-hybridized carbons (Fsp3) is 1.00. The summed E-state index contributed by atoms with van der Waals surface area (Å²) in [5.41, 5.74) is 0.144. The Morgan fingerprint density at radius 1 is 1.11 bits per heavy atom. The summed E-state index contributed by atoms with van der Waals surface area (Å²) in [5.74, 6) is 0. The van der Waals surface area contributed by atoms with Gasteiger partial charge >= 0.3 is 0 Å². The van der Waals surface area contributed by atoms with Crippen LogP contribution in [0.2, 0.25) is 0 Å². The smallest absolute Gasteiger partial charge is 0.279 e. The molecule has 6 heteroatoms. The summed E-state index contributed by atoms with van der Waals surface area (Å²) < 4.78 is 27.9. The molecule has 0 heterocycles. The Hall–Kier alpha value is -0.170. The Kier molecular flexibility index (Phi) is 8.81. The summed E-state index contributed by atoms with van der Waals surface area (Å²) in [6, 6.07) is 0. The van der Waals surface area contributed by atoms with Crippen molar-refractivity contribution in [2.75, 3.05) is 33.2 Å². The predicted octanol–water partition coefficient (Wildman–Crippen LogP) is 1.58. The lowest BCUT2D eigenvalue weighted by Crippen LogP contribution is -2.40. The Bertz CT molecular complexity index is 323. The van der Waals surface area contributed by atoms with Gasteiger partial charge < -0.3 is 5.32 Å². The van der Waals surface area contributed by atoms with Crippen LogP contribution in [-0.4, -0.2) is 45.9 Å². The molecule has 0 amide bonds. The SMILES string of the molecule is CCCNCCCN(C)S(=O)(=O)NCCC(C)(C)C. The Balaban J connectivity index is 3.91. The molecule has 0 unspecified atom stereocenters. The van der Waals surface area contributed by atoms with E-state index in [0.29, 0.717) is 13.1 Å². The molecular weight excluding hydrogens is 262 g/mol. The maximum Gasteiger partial charge on any atom is 0.279 e. The van der Waals surface area contributed by atoms with Crippen LogP contribution < -0.4 is 10.0 Å². The molecule has 116 valence electrons. The number of rotatable bonds is 10. The number of hydrogen-bond donors (Lipinski definition) is 2. The van der Waals surface area contributed by atoms with Gasteiger partial charge in [0.1, 0.15) is 0 Å². The predicted molar refractivity (Wildman–Crippen MR) is 81.4 cm³/mol. The summed E-state index contributed by atoms with van der Waals surface area (Å²) in [6.45, 7) is 11.3. The minimum Gasteiger partial charge on any atom is -0.317 e. The van der Waals surface area contributed by atoms with Crippen molar-refractivity contribution in [1.82, 2.24) is 14.3 Å². The van der Waals surface area contributed by atoms with Crippen LogP contribution >= 0.6 is 0 Å². The highest BCUT2D eigenvalue weighted by Gasteiger charge is 2.18. The van der Waals surface area contributed by atoms with Crippen LogP contribution in [-0.2, 0) is 10.2 Å². The zero-order chi connectivity index (χ0) is 14.9. The van der Waals surface area contributed by atoms with E-state index in [4.69, 9.17) is 0 Å². The van der Waals surface area contributed by atoms with Crippen LogP contribution in [0.4, 0.5) is 0 Å². The van der Waals surface area contributed by atoms with E-state index in [1.807, 2.05) is 0 Å². The lowest BCUT2D eigenvalue weighted by molar-refractivity contribution is 0.373. The molecule has 0 rings (SSSR count). The van der Waals surface area contributed by atoms with Crippen molar-refractivity contribution >= 4 is 10.2 Å². The van der Waals surface area contributed by atoms with Gasteiger partial charge in [0.15, 0.2) is 0 Å². The summed E-state index contributed by atoms with van der Waals surface area (Å²) >= 11 is 0. The topological polar surface area (TPSA) is 61.4 Å². The molecule has 0 radical (unpaired) electrons. The highest BCUT2D eigenvalue weighted by Crippen LogP contribution is 2.17. The maximum absolute atomic E-state index is 11.9. The summed E-state index contributed by atoms with van der Waals surface area (Å²) in [5, 5.41) is 3.26. The van der Waals surface area contributed by atoms with Crippen LogP contribution in [0.25, 0.3) is 0 Å². The molecule has 0 fully saturated rings. The number of hydrogen-bond acceptors (Lipinski definition) is 3. The van der Waals surface area contributed by atoms with Gasteiger partial charge in [-0.3, -0.25) is 0 Å². The van der Waals surface area contributed by atoms with Gasteiger partial charge in [0.05, 0.1) is 0 Å². The van der Waals surface area contributed by atoms with Crippen LogP contribution in [0.3, 0.4) is 0 Å². The summed E-state index contributed by atoms with van der Waals surface area (Å²) in [4.78, 5) is 0. The Labute approximate surface area is 119 Å². The van der Waals surface area contributed by atoms with Gasteiger partial charge in [-0.2, -0.15) is 12.7 Å². The first-order chi connectivity index (χ1) is 8.69. The second-order valence-electron chi connectivity index (χ2n) is 6.14. The largest absolute Gasteiger partial charge is 0.317 e. The van der Waals surface area contributed by atoms with E-state index in [1.165, 1.54) is 4.31 Å². The summed E-state index contributed by atoms with van der Waals surface area (Å²) in [7, 11) is -1.70. The molecule has 0 aromatic heterocycles. The Morgan fingerprint density at radius 3 is 2.26 bits per heavy atom. The first-order valence-corrected chi connectivity index (χ1v) is 8.54. The third-order valence-electron chi connectivity index (χ3n) is 2.82. The normalized spacial score (nSPS) is 13.2. The molecule has 0 saturated heterocycles. The van der Waals surface area contributed by atoms with Crippen molar-refractivity contribution < 1.29 is 8.42 Å². The first kappa shape index (κ1) is 18.8. The molecule has 0 atom stereocenters. The molecule has 0 aromatic rings. The van der Waals surface area contributed by atoms with Crippen LogP contribution in [0.1, 0.15) is 47.0 Å². The molecule has 0 aliphatic heterocycles. The maximum atomic E-state index is 11.9. The minimum absolute atomic E-state index is 0.144. The van der Waals surface area contributed by atoms with Crippen LogP contribution in [0.5, 0.6) is 0 Å². The zero-order valence-electron chi connectivity index (χ0n) is 13.1. The number of nitrogens with zero attached hydrogens (tertiary/aromatic N) is 1. The van der Waals surface area contributed by atoms with Crippen molar-refractivity contribution in [2.24, 2.45) is 5.41 Å². The highest BCUT2D eigenvalue weighted by atomic mass is 32.2. The van der Waals surface area contributed by atoms with Gasteiger partial charge in [0, 0.05) is 20.1 Å². The van der Waals surface area contributed by atoms with Crippen molar-refractivity contribution in [3.8, 4) is 0 Å². The minimum atomic E-state index is -3.32. The number of nitrogens with one attached hydrogen (secondary N) is 2. The zero-order valence-corrected chi connectivity index (χ0v) is 13.9. The van der Waals surface area contributed by atoms with Crippen molar-refractivity contribution in [2.45, 2.75) is 47.0 Å². The van der Waals surface area contributed by atoms with Gasteiger partial charge in [-0.15, -0.1) is 0 Å². The molecule has 0 aromatic carbocycles. The fourth-order valence-corrected chi connectivity index (χ4v) is 2.46. The quantitative estimate of drug-likeness (QED) is 0.601. The standard InChI is InChI=1S/C13H31N3O2S/c1-6-9-14-10-7-12-16(5)19(17,18)15-11-8-13(2,3)4/h14-15H,6-12H2,1-5H3. The van der Waals surface area contributed by atoms with Crippen molar-refractivity contribution in [3.63, 3.8) is 0 Å². The second-order valence-corrected chi connectivity index (χ2v) is 8.00. The monoisotopic (exact) mass is 293 g/mol. The molecule has 0 aliphatic carbocycles. The second kappa shape index (κ2) is 8.89. The van der Waals surface area contributed by atoms with Crippen molar-refractivity contribution in [1.29, 1.82) is 0 Å². The average Bonchev–Trinajstić information content (AvgIpc) is 2.26. The van der Waals surface area contributed by atoms with Gasteiger partial charge in [-0.25, -0.2) is 4.72 Å². The lowest BCUT2D eigenvalue weighted by atomic mass is 9.93. The van der Waals surface area contributed by atoms with Gasteiger partial charge in [0.2, 0.25) is 0 Å². The molecule has 0 spiro atoms. The lowest BCUT2D eigenvalue weighted by Gasteiger charge is -2.21. The van der Waals surface area contributed by atoms with Gasteiger partial charge in [-0.1, -0.05) is 27.7 Å². The molecule has 0 bridgehead atoms. The summed E-state index contributed by atoms with van der Waals surface area (Å²) in [6.07, 6.45) is 2.76. The van der Waals surface area contributed by atoms with E-state index in [-0.39, 0.29) is 5.41 Å². The fourth-order valence-electron chi connectivity index (χ4n) is 1.51. The van der Waals surface area contributed by atoms with E-state index in [9.17, 15) is 8.42 Å². The van der Waals surface area contributed by atoms with E-state index in [1.54, 1.807) is 7.05 Å². The molecule has 2 N–H and O–H groups in total. The van der Waals surface area contributed by atoms with E-state index >= 15 is 0 Å². The molecule has 0 aliphatic rings. The van der Waals surface area contributed by atoms with Crippen LogP contribution in [0, 0.1) is 5.41 Å². The highest BCUT2D eigenvalue weighted by molar-refractivity contribution is 7.87. The van der Waals surface area contributed by atoms with Gasteiger partial charge in [-0.05, 0) is 37.8 Å². The Morgan fingerprint density at radius 2 is 1.74 bits per heavy atom. The van der Waals surface area contributed by atoms with Crippen LogP contribution in [0.15, 0.2) is 0 Å². The van der Waals surface area contributed by atoms with Gasteiger partial charge in [0.25, 0.3) is 10.2 Å². The molecule has 5 nitrogen and oxygen atoms in total. The third-order valence-corrected chi connectivity index (χ3v) is 4.40. The molecular formula is C13H31N3O2S. The van der Waals surface area contributed by atoms with E-state index < -0.39 is 10.2 Å². The van der Waals surface area contributed by atoms with E-state index in [0.717, 1.165) is 32.4 Å². The molecule has 19 heavy (non-hydrogen) atoms. The van der Waals surface area contributed by atoms with E-state index in [2.05, 4.69) is 37.7 Å². The first-order valence-electron chi connectivity index (χ1n) is 7.10. The molecule has 0 saturated carbocycles. The third kappa shape index (κ3) is 10.3. The van der Waals surface area contributed by atoms with Crippen molar-refractivity contribution in [3.05, 3.63) is 0 Å².